The van der Waals surface area contributed by atoms with Gasteiger partial charge in [-0.15, -0.1) is 21.5 Å². The third kappa shape index (κ3) is 6.86. The molecule has 0 bridgehead atoms. The highest BCUT2D eigenvalue weighted by molar-refractivity contribution is 8.77. The van der Waals surface area contributed by atoms with Crippen LogP contribution in [-0.2, 0) is 16.1 Å². The first-order chi connectivity index (χ1) is 11.5. The first-order valence-corrected chi connectivity index (χ1v) is 11.1. The van der Waals surface area contributed by atoms with Gasteiger partial charge in [0, 0.05) is 28.7 Å². The van der Waals surface area contributed by atoms with Crippen LogP contribution in [0.5, 0.6) is 0 Å². The molecule has 0 radical (unpaired) electrons. The fourth-order valence-corrected chi connectivity index (χ4v) is 6.32. The molecule has 1 aromatic heterocycles. The number of carbonyl (C=O) groups is 1. The normalized spacial score (nSPS) is 17.0. The van der Waals surface area contributed by atoms with E-state index in [1.807, 2.05) is 28.5 Å². The predicted molar refractivity (Wildman–Crippen MR) is 99.1 cm³/mol. The molecule has 1 unspecified atom stereocenters. The number of aryl methyl sites for hydroxylation is 1. The van der Waals surface area contributed by atoms with Crippen molar-refractivity contribution in [2.24, 2.45) is 0 Å². The van der Waals surface area contributed by atoms with Gasteiger partial charge in [0.15, 0.2) is 5.13 Å². The van der Waals surface area contributed by atoms with Gasteiger partial charge >= 0.3 is 0 Å². The summed E-state index contributed by atoms with van der Waals surface area (Å²) in [6, 6.07) is 0. The lowest BCUT2D eigenvalue weighted by Crippen LogP contribution is -2.11. The van der Waals surface area contributed by atoms with Gasteiger partial charge in [0.25, 0.3) is 5.09 Å². The topological polar surface area (TPSA) is 94.4 Å². The molecular formula is C14H21N3O4S3. The van der Waals surface area contributed by atoms with Crippen LogP contribution in [0, 0.1) is 17.0 Å². The Kier molecular flexibility index (Phi) is 8.13. The maximum atomic E-state index is 12.0. The molecule has 0 spiro atoms. The molecule has 1 saturated heterocycles. The summed E-state index contributed by atoms with van der Waals surface area (Å²) in [5.74, 6) is 1.22. The van der Waals surface area contributed by atoms with Crippen molar-refractivity contribution < 1.29 is 14.7 Å². The fourth-order valence-electron chi connectivity index (χ4n) is 2.33. The highest BCUT2D eigenvalue weighted by atomic mass is 33.1. The maximum Gasteiger partial charge on any atom is 0.294 e. The quantitative estimate of drug-likeness (QED) is 0.280. The van der Waals surface area contributed by atoms with Gasteiger partial charge in [0.1, 0.15) is 6.61 Å². The number of nitrogens with zero attached hydrogens (tertiary/aromatic N) is 2. The Balaban J connectivity index is 1.66. The van der Waals surface area contributed by atoms with Crippen LogP contribution >= 0.6 is 32.9 Å². The molecule has 1 fully saturated rings. The average molecular weight is 392 g/mol. The summed E-state index contributed by atoms with van der Waals surface area (Å²) in [6.45, 7) is 1.83. The summed E-state index contributed by atoms with van der Waals surface area (Å²) in [6.07, 6.45) is 5.35. The van der Waals surface area contributed by atoms with Crippen LogP contribution in [0.25, 0.3) is 0 Å². The lowest BCUT2D eigenvalue weighted by molar-refractivity contribution is -0.757. The van der Waals surface area contributed by atoms with Gasteiger partial charge in [-0.25, -0.2) is 4.98 Å². The predicted octanol–water partition coefficient (Wildman–Crippen LogP) is 3.85. The Morgan fingerprint density at radius 2 is 2.33 bits per heavy atom. The van der Waals surface area contributed by atoms with Crippen molar-refractivity contribution in [3.8, 4) is 0 Å². The Morgan fingerprint density at radius 1 is 1.50 bits per heavy atom. The van der Waals surface area contributed by atoms with Crippen LogP contribution in [0.2, 0.25) is 0 Å². The second-order valence-electron chi connectivity index (χ2n) is 5.46. The maximum absolute atomic E-state index is 12.0. The molecule has 1 aliphatic heterocycles. The summed E-state index contributed by atoms with van der Waals surface area (Å²) in [5.41, 5.74) is 0.776. The minimum Gasteiger partial charge on any atom is -0.314 e. The van der Waals surface area contributed by atoms with Crippen LogP contribution in [0.3, 0.4) is 0 Å². The highest BCUT2D eigenvalue weighted by Crippen LogP contribution is 2.39. The van der Waals surface area contributed by atoms with E-state index in [1.54, 1.807) is 0 Å². The van der Waals surface area contributed by atoms with Crippen molar-refractivity contribution >= 4 is 44.0 Å². The van der Waals surface area contributed by atoms with Crippen LogP contribution in [0.4, 0.5) is 5.13 Å². The summed E-state index contributed by atoms with van der Waals surface area (Å²) < 4.78 is 0. The number of amides is 1. The third-order valence-electron chi connectivity index (χ3n) is 3.57. The number of hydrogen-bond donors (Lipinski definition) is 1. The van der Waals surface area contributed by atoms with Crippen molar-refractivity contribution in [1.29, 1.82) is 0 Å². The van der Waals surface area contributed by atoms with Gasteiger partial charge in [-0.3, -0.25) is 4.79 Å². The first-order valence-electron chi connectivity index (χ1n) is 7.86. The number of rotatable bonds is 10. The van der Waals surface area contributed by atoms with Crippen molar-refractivity contribution in [3.63, 3.8) is 0 Å². The van der Waals surface area contributed by atoms with Crippen molar-refractivity contribution in [2.45, 2.75) is 50.7 Å². The lowest BCUT2D eigenvalue weighted by atomic mass is 10.1. The number of nitrogens with one attached hydrogen (secondary N) is 1. The van der Waals surface area contributed by atoms with Crippen LogP contribution in [0.1, 0.15) is 42.7 Å². The Morgan fingerprint density at radius 3 is 3.04 bits per heavy atom. The standard InChI is InChI=1S/C14H21N3O4S3/c1-10-12(6-8-21-17(19)20)23-14(15-10)16-13(18)5-3-2-4-11-7-9-22-24-11/h11H,2-9H2,1H3,(H,15,16,18). The Hall–Kier alpha value is -1.00. The van der Waals surface area contributed by atoms with E-state index in [0.29, 0.717) is 18.0 Å². The molecule has 0 saturated carbocycles. The lowest BCUT2D eigenvalue weighted by Gasteiger charge is -2.06. The smallest absolute Gasteiger partial charge is 0.294 e. The van der Waals surface area contributed by atoms with E-state index < -0.39 is 5.09 Å². The monoisotopic (exact) mass is 391 g/mol. The molecule has 10 heteroatoms. The van der Waals surface area contributed by atoms with E-state index in [9.17, 15) is 14.9 Å². The molecular weight excluding hydrogens is 370 g/mol. The average Bonchev–Trinajstić information content (AvgIpc) is 3.14. The van der Waals surface area contributed by atoms with Gasteiger partial charge in [0.05, 0.1) is 5.69 Å². The van der Waals surface area contributed by atoms with Gasteiger partial charge in [-0.05, 0) is 26.2 Å². The molecule has 2 heterocycles. The van der Waals surface area contributed by atoms with E-state index in [0.717, 1.165) is 28.7 Å². The second kappa shape index (κ2) is 10.1. The van der Waals surface area contributed by atoms with Gasteiger partial charge < -0.3 is 10.2 Å². The molecule has 1 atom stereocenters. The third-order valence-corrected chi connectivity index (χ3v) is 7.71. The second-order valence-corrected chi connectivity index (χ2v) is 9.33. The zero-order chi connectivity index (χ0) is 17.4. The van der Waals surface area contributed by atoms with Crippen LogP contribution < -0.4 is 5.32 Å². The molecule has 0 aliphatic carbocycles. The summed E-state index contributed by atoms with van der Waals surface area (Å²) in [7, 11) is 3.92. The molecule has 0 aromatic carbocycles. The minimum atomic E-state index is -0.804. The molecule has 7 nitrogen and oxygen atoms in total. The van der Waals surface area contributed by atoms with Gasteiger partial charge in [0.2, 0.25) is 5.91 Å². The molecule has 2 rings (SSSR count). The zero-order valence-electron chi connectivity index (χ0n) is 13.5. The summed E-state index contributed by atoms with van der Waals surface area (Å²) in [5, 5.41) is 13.5. The molecule has 1 aliphatic rings. The zero-order valence-corrected chi connectivity index (χ0v) is 15.9. The van der Waals surface area contributed by atoms with Crippen LogP contribution in [-0.4, -0.2) is 33.6 Å². The van der Waals surface area contributed by atoms with E-state index in [-0.39, 0.29) is 12.5 Å². The van der Waals surface area contributed by atoms with Gasteiger partial charge in [-0.1, -0.05) is 28.0 Å². The highest BCUT2D eigenvalue weighted by Gasteiger charge is 2.16. The number of carbonyl (C=O) groups excluding carboxylic acids is 1. The molecule has 1 N–H and O–H groups in total. The first kappa shape index (κ1) is 19.3. The molecule has 1 aromatic rings. The molecule has 1 amide bonds. The van der Waals surface area contributed by atoms with Crippen molar-refractivity contribution in [3.05, 3.63) is 20.7 Å². The van der Waals surface area contributed by atoms with E-state index >= 15 is 0 Å². The fraction of sp³-hybridized carbons (Fsp3) is 0.714. The van der Waals surface area contributed by atoms with Crippen LogP contribution in [0.15, 0.2) is 0 Å². The SMILES string of the molecule is Cc1nc(NC(=O)CCCCC2CCSS2)sc1CCO[N+](=O)[O-]. The number of thiazole rings is 1. The molecule has 24 heavy (non-hydrogen) atoms. The number of hydrogen-bond acceptors (Lipinski definition) is 8. The Labute approximate surface area is 152 Å². The van der Waals surface area contributed by atoms with E-state index in [1.165, 1.54) is 29.9 Å². The largest absolute Gasteiger partial charge is 0.314 e. The molecule has 134 valence electrons. The van der Waals surface area contributed by atoms with Crippen molar-refractivity contribution in [2.75, 3.05) is 17.7 Å². The summed E-state index contributed by atoms with van der Waals surface area (Å²) in [4.78, 5) is 31.6. The number of unbranched alkanes of at least 4 members (excludes halogenated alkanes) is 1. The number of anilines is 1. The summed E-state index contributed by atoms with van der Waals surface area (Å²) >= 11 is 1.35. The number of aromatic nitrogens is 1. The van der Waals surface area contributed by atoms with Gasteiger partial charge in [-0.2, -0.15) is 0 Å². The van der Waals surface area contributed by atoms with Crippen molar-refractivity contribution in [1.82, 2.24) is 4.98 Å². The van der Waals surface area contributed by atoms with E-state index in [4.69, 9.17) is 0 Å². The minimum absolute atomic E-state index is 0.000877. The van der Waals surface area contributed by atoms with E-state index in [2.05, 4.69) is 15.1 Å². The Bertz CT molecular complexity index is 561.